The summed E-state index contributed by atoms with van der Waals surface area (Å²) in [6.45, 7) is 0. The van der Waals surface area contributed by atoms with Crippen LogP contribution in [-0.2, 0) is 0 Å². The van der Waals surface area contributed by atoms with E-state index in [0.717, 1.165) is 11.3 Å². The summed E-state index contributed by atoms with van der Waals surface area (Å²) in [5.74, 6) is 0.0944. The Morgan fingerprint density at radius 3 is 2.41 bits per heavy atom. The van der Waals surface area contributed by atoms with Crippen molar-refractivity contribution < 1.29 is 4.39 Å². The largest absolute Gasteiger partial charge is 0.324 e. The predicted octanol–water partition coefficient (Wildman–Crippen LogP) is 4.36. The zero-order valence-electron chi connectivity index (χ0n) is 15.0. The molecule has 0 aliphatic carbocycles. The van der Waals surface area contributed by atoms with Gasteiger partial charge in [-0.2, -0.15) is 4.98 Å². The molecule has 0 aromatic carbocycles. The van der Waals surface area contributed by atoms with Crippen LogP contribution in [0.5, 0.6) is 0 Å². The fourth-order valence-electron chi connectivity index (χ4n) is 3.10. The van der Waals surface area contributed by atoms with Crippen molar-refractivity contribution >= 4 is 22.8 Å². The molecule has 29 heavy (non-hydrogen) atoms. The zero-order chi connectivity index (χ0) is 19.6. The second-order valence-corrected chi connectivity index (χ2v) is 6.31. The molecule has 5 rings (SSSR count). The Labute approximate surface area is 164 Å². The highest BCUT2D eigenvalue weighted by atomic mass is 19.1. The summed E-state index contributed by atoms with van der Waals surface area (Å²) in [6, 6.07) is 10.9. The highest BCUT2D eigenvalue weighted by molar-refractivity contribution is 5.89. The predicted molar refractivity (Wildman–Crippen MR) is 108 cm³/mol. The Balaban J connectivity index is 1.68. The molecule has 5 aromatic rings. The first kappa shape index (κ1) is 16.9. The van der Waals surface area contributed by atoms with Gasteiger partial charge >= 0.3 is 0 Å². The molecule has 0 amide bonds. The number of H-pyrrole nitrogens is 1. The van der Waals surface area contributed by atoms with Crippen LogP contribution in [0.1, 0.15) is 0 Å². The Kier molecular flexibility index (Phi) is 4.14. The average molecular weight is 383 g/mol. The topological polar surface area (TPSA) is 92.3 Å². The van der Waals surface area contributed by atoms with E-state index in [4.69, 9.17) is 4.98 Å². The summed E-state index contributed by atoms with van der Waals surface area (Å²) in [6.07, 6.45) is 9.50. The SMILES string of the molecule is Fc1cnccc1-c1cc2[nH]c(Nc3cccnc3)nc2nc1-c1cccnc1. The van der Waals surface area contributed by atoms with Crippen molar-refractivity contribution in [2.24, 2.45) is 0 Å². The first-order valence-electron chi connectivity index (χ1n) is 8.86. The highest BCUT2D eigenvalue weighted by Gasteiger charge is 2.17. The molecule has 0 spiro atoms. The lowest BCUT2D eigenvalue weighted by Crippen LogP contribution is -1.94. The van der Waals surface area contributed by atoms with E-state index in [1.54, 1.807) is 37.1 Å². The number of imidazole rings is 1. The Bertz CT molecular complexity index is 1290. The summed E-state index contributed by atoms with van der Waals surface area (Å²) in [7, 11) is 0. The number of aromatic amines is 1. The van der Waals surface area contributed by atoms with Gasteiger partial charge in [0, 0.05) is 41.5 Å². The number of fused-ring (bicyclic) bond motifs is 1. The number of nitrogens with one attached hydrogen (secondary N) is 2. The first-order valence-corrected chi connectivity index (χ1v) is 8.86. The molecule has 0 bridgehead atoms. The molecule has 0 fully saturated rings. The molecule has 8 heteroatoms. The molecule has 0 aliphatic rings. The molecule has 0 unspecified atom stereocenters. The van der Waals surface area contributed by atoms with E-state index in [1.807, 2.05) is 30.3 Å². The van der Waals surface area contributed by atoms with E-state index >= 15 is 0 Å². The third-order valence-corrected chi connectivity index (χ3v) is 4.40. The van der Waals surface area contributed by atoms with Crippen LogP contribution in [0.3, 0.4) is 0 Å². The van der Waals surface area contributed by atoms with Gasteiger partial charge in [0.1, 0.15) is 5.82 Å². The maximum atomic E-state index is 14.5. The minimum absolute atomic E-state index is 0.407. The number of pyridine rings is 4. The summed E-state index contributed by atoms with van der Waals surface area (Å²) >= 11 is 0. The maximum absolute atomic E-state index is 14.5. The number of aromatic nitrogens is 6. The van der Waals surface area contributed by atoms with Gasteiger partial charge < -0.3 is 10.3 Å². The van der Waals surface area contributed by atoms with E-state index in [1.165, 1.54) is 6.20 Å². The Morgan fingerprint density at radius 1 is 0.828 bits per heavy atom. The van der Waals surface area contributed by atoms with Crippen molar-refractivity contribution in [3.05, 3.63) is 79.4 Å². The van der Waals surface area contributed by atoms with E-state index in [-0.39, 0.29) is 0 Å². The van der Waals surface area contributed by atoms with Crippen LogP contribution in [0.4, 0.5) is 16.0 Å². The van der Waals surface area contributed by atoms with Crippen LogP contribution in [0, 0.1) is 5.82 Å². The quantitative estimate of drug-likeness (QED) is 0.479. The van der Waals surface area contributed by atoms with Crippen LogP contribution < -0.4 is 5.32 Å². The highest BCUT2D eigenvalue weighted by Crippen LogP contribution is 2.34. The molecule has 0 saturated heterocycles. The van der Waals surface area contributed by atoms with Gasteiger partial charge in [0.05, 0.1) is 29.3 Å². The molecule has 140 valence electrons. The zero-order valence-corrected chi connectivity index (χ0v) is 15.0. The van der Waals surface area contributed by atoms with Gasteiger partial charge in [-0.3, -0.25) is 15.0 Å². The number of halogens is 1. The molecule has 7 nitrogen and oxygen atoms in total. The maximum Gasteiger partial charge on any atom is 0.207 e. The monoisotopic (exact) mass is 383 g/mol. The van der Waals surface area contributed by atoms with E-state index in [2.05, 4.69) is 30.2 Å². The smallest absolute Gasteiger partial charge is 0.207 e. The Hall–Kier alpha value is -4.20. The number of hydrogen-bond donors (Lipinski definition) is 2. The van der Waals surface area contributed by atoms with Crippen molar-refractivity contribution in [2.45, 2.75) is 0 Å². The molecule has 0 aliphatic heterocycles. The van der Waals surface area contributed by atoms with Gasteiger partial charge in [-0.1, -0.05) is 0 Å². The average Bonchev–Trinajstić information content (AvgIpc) is 3.16. The van der Waals surface area contributed by atoms with Gasteiger partial charge in [0.2, 0.25) is 5.95 Å². The van der Waals surface area contributed by atoms with Crippen LogP contribution in [0.25, 0.3) is 33.5 Å². The second kappa shape index (κ2) is 7.08. The van der Waals surface area contributed by atoms with Gasteiger partial charge in [0.15, 0.2) is 5.65 Å². The van der Waals surface area contributed by atoms with Crippen LogP contribution in [0.15, 0.2) is 73.6 Å². The van der Waals surface area contributed by atoms with Gasteiger partial charge in [-0.15, -0.1) is 0 Å². The lowest BCUT2D eigenvalue weighted by molar-refractivity contribution is 0.625. The molecule has 0 saturated carbocycles. The molecular formula is C21H14FN7. The van der Waals surface area contributed by atoms with Crippen LogP contribution in [0.2, 0.25) is 0 Å². The van der Waals surface area contributed by atoms with Gasteiger partial charge in [0.25, 0.3) is 0 Å². The number of hydrogen-bond acceptors (Lipinski definition) is 6. The summed E-state index contributed by atoms with van der Waals surface area (Å²) in [5, 5.41) is 3.16. The third-order valence-electron chi connectivity index (χ3n) is 4.40. The molecule has 0 radical (unpaired) electrons. The fourth-order valence-corrected chi connectivity index (χ4v) is 3.10. The van der Waals surface area contributed by atoms with Crippen molar-refractivity contribution in [1.82, 2.24) is 29.9 Å². The fraction of sp³-hybridized carbons (Fsp3) is 0. The number of nitrogens with zero attached hydrogens (tertiary/aromatic N) is 5. The van der Waals surface area contributed by atoms with E-state index in [0.29, 0.717) is 33.9 Å². The minimum atomic E-state index is -0.424. The summed E-state index contributed by atoms with van der Waals surface area (Å²) in [5.41, 5.74) is 4.37. The molecule has 5 heterocycles. The van der Waals surface area contributed by atoms with Crippen molar-refractivity contribution in [3.63, 3.8) is 0 Å². The Morgan fingerprint density at radius 2 is 1.66 bits per heavy atom. The third kappa shape index (κ3) is 3.27. The normalized spacial score (nSPS) is 10.9. The standard InChI is InChI=1S/C21H14FN7/c22-17-12-25-8-5-15(17)16-9-18-20(28-19(16)13-3-1-6-23-10-13)29-21(27-18)26-14-4-2-7-24-11-14/h1-12H,(H2,26,27,28,29). The minimum Gasteiger partial charge on any atom is -0.324 e. The second-order valence-electron chi connectivity index (χ2n) is 6.31. The number of anilines is 2. The molecule has 5 aromatic heterocycles. The van der Waals surface area contributed by atoms with Crippen LogP contribution >= 0.6 is 0 Å². The molecule has 0 atom stereocenters. The molecule has 2 N–H and O–H groups in total. The van der Waals surface area contributed by atoms with Gasteiger partial charge in [-0.25, -0.2) is 9.37 Å². The van der Waals surface area contributed by atoms with E-state index in [9.17, 15) is 4.39 Å². The van der Waals surface area contributed by atoms with Crippen molar-refractivity contribution in [3.8, 4) is 22.4 Å². The van der Waals surface area contributed by atoms with Crippen molar-refractivity contribution in [1.29, 1.82) is 0 Å². The van der Waals surface area contributed by atoms with Gasteiger partial charge in [-0.05, 0) is 36.4 Å². The lowest BCUT2D eigenvalue weighted by Gasteiger charge is -2.09. The summed E-state index contributed by atoms with van der Waals surface area (Å²) < 4.78 is 14.5. The lowest BCUT2D eigenvalue weighted by atomic mass is 10.0. The van der Waals surface area contributed by atoms with Crippen LogP contribution in [-0.4, -0.2) is 29.9 Å². The summed E-state index contributed by atoms with van der Waals surface area (Å²) in [4.78, 5) is 24.5. The first-order chi connectivity index (χ1) is 14.3. The molecular weight excluding hydrogens is 369 g/mol. The van der Waals surface area contributed by atoms with Crippen molar-refractivity contribution in [2.75, 3.05) is 5.32 Å². The van der Waals surface area contributed by atoms with E-state index < -0.39 is 5.82 Å². The number of rotatable bonds is 4.